The minimum Gasteiger partial charge on any atom is -0.416 e. The Balaban J connectivity index is 2.43. The predicted octanol–water partition coefficient (Wildman–Crippen LogP) is 7.13. The van der Waals surface area contributed by atoms with Gasteiger partial charge in [0, 0.05) is 19.6 Å². The van der Waals surface area contributed by atoms with Crippen molar-refractivity contribution >= 4 is 38.0 Å². The molecule has 2 aromatic rings. The predicted molar refractivity (Wildman–Crippen MR) is 191 cm³/mol. The molecule has 0 aliphatic rings. The summed E-state index contributed by atoms with van der Waals surface area (Å²) in [5.41, 5.74) is 0. The maximum Gasteiger partial charge on any atom is 0.261 e. The molecule has 43 heavy (non-hydrogen) atoms. The third kappa shape index (κ3) is 9.75. The SMILES string of the molecule is C#CCN([C@@H](C#CCCO[Si](C)(C)C(C)(C)C)CCO[Si](c1ccccc1)(c1ccccc1)C(C)(C)C)S(=O)C(C)(C)C. The first-order valence-electron chi connectivity index (χ1n) is 15.4. The molecular formula is C36H55NO3SSi2. The lowest BCUT2D eigenvalue weighted by molar-refractivity contribution is 0.262. The Bertz CT molecular complexity index is 1230. The van der Waals surface area contributed by atoms with Crippen LogP contribution in [0.3, 0.4) is 0 Å². The molecule has 2 aromatic carbocycles. The van der Waals surface area contributed by atoms with E-state index in [1.807, 2.05) is 25.1 Å². The van der Waals surface area contributed by atoms with E-state index in [2.05, 4.69) is 133 Å². The first kappa shape index (κ1) is 37.2. The molecular weight excluding hydrogens is 583 g/mol. The van der Waals surface area contributed by atoms with E-state index >= 15 is 0 Å². The fourth-order valence-corrected chi connectivity index (χ4v) is 11.8. The smallest absolute Gasteiger partial charge is 0.261 e. The molecule has 1 unspecified atom stereocenters. The Morgan fingerprint density at radius 2 is 1.33 bits per heavy atom. The van der Waals surface area contributed by atoms with Crippen LogP contribution in [0.1, 0.15) is 75.2 Å². The van der Waals surface area contributed by atoms with Gasteiger partial charge in [-0.2, -0.15) is 4.31 Å². The summed E-state index contributed by atoms with van der Waals surface area (Å²) in [5.74, 6) is 9.54. The van der Waals surface area contributed by atoms with Crippen LogP contribution in [0.2, 0.25) is 23.2 Å². The van der Waals surface area contributed by atoms with Crippen LogP contribution in [0.5, 0.6) is 0 Å². The quantitative estimate of drug-likeness (QED) is 0.141. The molecule has 0 aliphatic carbocycles. The molecule has 0 N–H and O–H groups in total. The summed E-state index contributed by atoms with van der Waals surface area (Å²) < 4.78 is 28.6. The summed E-state index contributed by atoms with van der Waals surface area (Å²) in [6.45, 7) is 25.3. The van der Waals surface area contributed by atoms with Crippen molar-refractivity contribution in [3.63, 3.8) is 0 Å². The van der Waals surface area contributed by atoms with Crippen molar-refractivity contribution in [2.75, 3.05) is 19.8 Å². The maximum absolute atomic E-state index is 13.7. The second-order valence-electron chi connectivity index (χ2n) is 14.6. The molecule has 0 radical (unpaired) electrons. The largest absolute Gasteiger partial charge is 0.416 e. The zero-order valence-corrected chi connectivity index (χ0v) is 31.4. The van der Waals surface area contributed by atoms with Crippen LogP contribution in [-0.4, -0.2) is 55.7 Å². The van der Waals surface area contributed by atoms with Gasteiger partial charge >= 0.3 is 0 Å². The van der Waals surface area contributed by atoms with Crippen LogP contribution in [0.15, 0.2) is 60.7 Å². The molecule has 0 bridgehead atoms. The lowest BCUT2D eigenvalue weighted by atomic mass is 10.2. The Kier molecular flexibility index (Phi) is 13.3. The molecule has 0 aromatic heterocycles. The van der Waals surface area contributed by atoms with Gasteiger partial charge in [-0.15, -0.1) is 6.42 Å². The summed E-state index contributed by atoms with van der Waals surface area (Å²) >= 11 is 0. The lowest BCUT2D eigenvalue weighted by Crippen LogP contribution is -2.66. The number of rotatable bonds is 12. The van der Waals surface area contributed by atoms with Gasteiger partial charge in [0.25, 0.3) is 8.32 Å². The first-order chi connectivity index (χ1) is 19.9. The van der Waals surface area contributed by atoms with E-state index in [-0.39, 0.29) is 22.7 Å². The molecule has 236 valence electrons. The van der Waals surface area contributed by atoms with Gasteiger partial charge < -0.3 is 8.85 Å². The van der Waals surface area contributed by atoms with Crippen LogP contribution < -0.4 is 10.4 Å². The third-order valence-corrected chi connectivity index (χ3v) is 19.7. The molecule has 4 nitrogen and oxygen atoms in total. The van der Waals surface area contributed by atoms with Gasteiger partial charge in [0.15, 0.2) is 8.32 Å². The standard InChI is InChI=1S/C36H55NO3SSi2/c1-13-28-37(41(38)34(2,3)4)31(22-20-21-29-39-42(11,12)35(5,6)7)27-30-40-43(36(8,9)10,32-23-16-14-17-24-32)33-25-18-15-19-26-33/h1,14-19,23-26,31H,21,27-30H2,2-12H3/t31-,41?/m0/s1. The van der Waals surface area contributed by atoms with Crippen LogP contribution >= 0.6 is 0 Å². The summed E-state index contributed by atoms with van der Waals surface area (Å²) in [6, 6.07) is 21.0. The second kappa shape index (κ2) is 15.3. The average Bonchev–Trinajstić information content (AvgIpc) is 2.91. The second-order valence-corrected chi connectivity index (χ2v) is 25.9. The summed E-state index contributed by atoms with van der Waals surface area (Å²) in [5, 5.41) is 2.48. The van der Waals surface area contributed by atoms with Gasteiger partial charge in [-0.25, -0.2) is 4.21 Å². The molecule has 0 amide bonds. The molecule has 0 aliphatic heterocycles. The fourth-order valence-electron chi connectivity index (χ4n) is 4.86. The number of benzene rings is 2. The highest BCUT2D eigenvalue weighted by Gasteiger charge is 2.50. The normalized spacial score (nSPS) is 14.5. The van der Waals surface area contributed by atoms with Crippen LogP contribution in [0, 0.1) is 24.2 Å². The minimum atomic E-state index is -2.71. The Labute approximate surface area is 268 Å². The highest BCUT2D eigenvalue weighted by Crippen LogP contribution is 2.37. The van der Waals surface area contributed by atoms with Crippen LogP contribution in [-0.2, 0) is 19.8 Å². The van der Waals surface area contributed by atoms with Gasteiger partial charge in [0.2, 0.25) is 0 Å². The van der Waals surface area contributed by atoms with Crippen molar-refractivity contribution < 1.29 is 13.1 Å². The average molecular weight is 638 g/mol. The first-order valence-corrected chi connectivity index (χ1v) is 21.3. The number of hydrogen-bond acceptors (Lipinski definition) is 3. The van der Waals surface area contributed by atoms with Crippen LogP contribution in [0.4, 0.5) is 0 Å². The molecule has 0 saturated heterocycles. The fraction of sp³-hybridized carbons (Fsp3) is 0.556. The summed E-state index contributed by atoms with van der Waals surface area (Å²) in [6.07, 6.45) is 7.01. The third-order valence-electron chi connectivity index (χ3n) is 8.22. The van der Waals surface area contributed by atoms with E-state index < -0.39 is 32.4 Å². The summed E-state index contributed by atoms with van der Waals surface area (Å²) in [7, 11) is -5.90. The van der Waals surface area contributed by atoms with Crippen molar-refractivity contribution in [1.29, 1.82) is 0 Å². The zero-order valence-electron chi connectivity index (χ0n) is 28.5. The molecule has 0 heterocycles. The summed E-state index contributed by atoms with van der Waals surface area (Å²) in [4.78, 5) is 0. The van der Waals surface area contributed by atoms with Gasteiger partial charge in [0.1, 0.15) is 11.0 Å². The van der Waals surface area contributed by atoms with Gasteiger partial charge in [-0.05, 0) is 60.7 Å². The highest BCUT2D eigenvalue weighted by atomic mass is 32.2. The maximum atomic E-state index is 13.7. The minimum absolute atomic E-state index is 0.134. The monoisotopic (exact) mass is 637 g/mol. The van der Waals surface area contributed by atoms with Gasteiger partial charge in [-0.3, -0.25) is 0 Å². The zero-order chi connectivity index (χ0) is 32.5. The van der Waals surface area contributed by atoms with Gasteiger partial charge in [0.05, 0.1) is 17.3 Å². The molecule has 7 heteroatoms. The molecule has 0 fully saturated rings. The van der Waals surface area contributed by atoms with E-state index in [4.69, 9.17) is 15.3 Å². The van der Waals surface area contributed by atoms with Crippen molar-refractivity contribution in [2.45, 2.75) is 109 Å². The molecule has 0 spiro atoms. The topological polar surface area (TPSA) is 38.8 Å². The molecule has 2 atom stereocenters. The van der Waals surface area contributed by atoms with Crippen molar-refractivity contribution in [1.82, 2.24) is 4.31 Å². The van der Waals surface area contributed by atoms with E-state index in [1.54, 1.807) is 0 Å². The van der Waals surface area contributed by atoms with Crippen molar-refractivity contribution in [3.8, 4) is 24.2 Å². The van der Waals surface area contributed by atoms with E-state index in [1.165, 1.54) is 10.4 Å². The number of terminal acetylenes is 1. The lowest BCUT2D eigenvalue weighted by Gasteiger charge is -2.43. The Morgan fingerprint density at radius 3 is 1.74 bits per heavy atom. The highest BCUT2D eigenvalue weighted by molar-refractivity contribution is 7.84. The van der Waals surface area contributed by atoms with E-state index in [0.29, 0.717) is 26.1 Å². The number of nitrogens with zero attached hydrogens (tertiary/aromatic N) is 1. The van der Waals surface area contributed by atoms with E-state index in [0.717, 1.165) is 0 Å². The molecule has 0 saturated carbocycles. The molecule has 2 rings (SSSR count). The van der Waals surface area contributed by atoms with Crippen molar-refractivity contribution in [2.24, 2.45) is 0 Å². The van der Waals surface area contributed by atoms with Gasteiger partial charge in [-0.1, -0.05) is 120 Å². The van der Waals surface area contributed by atoms with Crippen molar-refractivity contribution in [3.05, 3.63) is 60.7 Å². The number of hydrogen-bond donors (Lipinski definition) is 0. The van der Waals surface area contributed by atoms with Crippen LogP contribution in [0.25, 0.3) is 0 Å². The van der Waals surface area contributed by atoms with E-state index in [9.17, 15) is 4.21 Å². The Hall–Kier alpha value is -1.98. The Morgan fingerprint density at radius 1 is 0.814 bits per heavy atom.